The SMILES string of the molecule is CCN1CCN(c2ccc(N)cc2NC(=O)c2cccc(C)c2)CC1. The quantitative estimate of drug-likeness (QED) is 0.842. The van der Waals surface area contributed by atoms with Crippen molar-refractivity contribution in [3.8, 4) is 0 Å². The van der Waals surface area contributed by atoms with E-state index < -0.39 is 0 Å². The molecule has 132 valence electrons. The van der Waals surface area contributed by atoms with Crippen LogP contribution in [0, 0.1) is 6.92 Å². The number of hydrogen-bond acceptors (Lipinski definition) is 4. The van der Waals surface area contributed by atoms with E-state index in [-0.39, 0.29) is 5.91 Å². The van der Waals surface area contributed by atoms with Gasteiger partial charge in [0.05, 0.1) is 11.4 Å². The largest absolute Gasteiger partial charge is 0.399 e. The molecule has 0 atom stereocenters. The maximum atomic E-state index is 12.6. The van der Waals surface area contributed by atoms with Gasteiger partial charge in [-0.25, -0.2) is 0 Å². The van der Waals surface area contributed by atoms with Crippen LogP contribution in [0.4, 0.5) is 17.1 Å². The van der Waals surface area contributed by atoms with Crippen LogP contribution < -0.4 is 16.0 Å². The average molecular weight is 338 g/mol. The van der Waals surface area contributed by atoms with Crippen molar-refractivity contribution in [2.24, 2.45) is 0 Å². The van der Waals surface area contributed by atoms with Crippen LogP contribution in [0.25, 0.3) is 0 Å². The Hall–Kier alpha value is -2.53. The van der Waals surface area contributed by atoms with Gasteiger partial charge in [0.15, 0.2) is 0 Å². The first-order valence-electron chi connectivity index (χ1n) is 8.81. The minimum absolute atomic E-state index is 0.109. The van der Waals surface area contributed by atoms with E-state index >= 15 is 0 Å². The lowest BCUT2D eigenvalue weighted by molar-refractivity contribution is 0.102. The van der Waals surface area contributed by atoms with Gasteiger partial charge in [-0.2, -0.15) is 0 Å². The molecule has 1 fully saturated rings. The zero-order valence-corrected chi connectivity index (χ0v) is 15.0. The summed E-state index contributed by atoms with van der Waals surface area (Å²) in [6.45, 7) is 9.21. The molecular weight excluding hydrogens is 312 g/mol. The number of carbonyl (C=O) groups is 1. The third kappa shape index (κ3) is 4.12. The lowest BCUT2D eigenvalue weighted by atomic mass is 10.1. The Kier molecular flexibility index (Phi) is 5.24. The Bertz CT molecular complexity index is 751. The summed E-state index contributed by atoms with van der Waals surface area (Å²) in [6.07, 6.45) is 0. The van der Waals surface area contributed by atoms with E-state index in [1.807, 2.05) is 49.4 Å². The van der Waals surface area contributed by atoms with Gasteiger partial charge in [-0.1, -0.05) is 24.6 Å². The Morgan fingerprint density at radius 1 is 1.12 bits per heavy atom. The smallest absolute Gasteiger partial charge is 0.255 e. The zero-order valence-electron chi connectivity index (χ0n) is 15.0. The maximum Gasteiger partial charge on any atom is 0.255 e. The Morgan fingerprint density at radius 2 is 1.88 bits per heavy atom. The van der Waals surface area contributed by atoms with E-state index in [4.69, 9.17) is 5.73 Å². The predicted molar refractivity (Wildman–Crippen MR) is 104 cm³/mol. The molecular formula is C20H26N4O. The number of rotatable bonds is 4. The molecule has 1 amide bonds. The van der Waals surface area contributed by atoms with Gasteiger partial charge in [-0.3, -0.25) is 4.79 Å². The molecule has 0 bridgehead atoms. The van der Waals surface area contributed by atoms with Crippen LogP contribution in [0.15, 0.2) is 42.5 Å². The van der Waals surface area contributed by atoms with E-state index in [1.54, 1.807) is 0 Å². The van der Waals surface area contributed by atoms with Gasteiger partial charge in [-0.05, 0) is 43.8 Å². The normalized spacial score (nSPS) is 15.2. The molecule has 1 saturated heterocycles. The van der Waals surface area contributed by atoms with E-state index in [2.05, 4.69) is 22.0 Å². The molecule has 0 spiro atoms. The average Bonchev–Trinajstić information content (AvgIpc) is 2.62. The van der Waals surface area contributed by atoms with Crippen molar-refractivity contribution in [3.63, 3.8) is 0 Å². The van der Waals surface area contributed by atoms with Crippen molar-refractivity contribution in [2.75, 3.05) is 48.7 Å². The monoisotopic (exact) mass is 338 g/mol. The molecule has 0 aliphatic carbocycles. The summed E-state index contributed by atoms with van der Waals surface area (Å²) in [4.78, 5) is 17.4. The number of hydrogen-bond donors (Lipinski definition) is 2. The highest BCUT2D eigenvalue weighted by atomic mass is 16.1. The molecule has 1 aliphatic rings. The Labute approximate surface area is 149 Å². The molecule has 2 aromatic carbocycles. The molecule has 2 aromatic rings. The second-order valence-corrected chi connectivity index (χ2v) is 6.52. The van der Waals surface area contributed by atoms with Crippen molar-refractivity contribution in [1.29, 1.82) is 0 Å². The first-order chi connectivity index (χ1) is 12.1. The van der Waals surface area contributed by atoms with Gasteiger partial charge in [0.2, 0.25) is 0 Å². The summed E-state index contributed by atoms with van der Waals surface area (Å²) >= 11 is 0. The summed E-state index contributed by atoms with van der Waals surface area (Å²) in [6, 6.07) is 13.3. The minimum Gasteiger partial charge on any atom is -0.399 e. The highest BCUT2D eigenvalue weighted by Crippen LogP contribution is 2.29. The molecule has 5 nitrogen and oxygen atoms in total. The van der Waals surface area contributed by atoms with Gasteiger partial charge in [-0.15, -0.1) is 0 Å². The van der Waals surface area contributed by atoms with E-state index in [0.717, 1.165) is 49.7 Å². The van der Waals surface area contributed by atoms with Crippen LogP contribution in [0.5, 0.6) is 0 Å². The van der Waals surface area contributed by atoms with Gasteiger partial charge in [0.25, 0.3) is 5.91 Å². The van der Waals surface area contributed by atoms with E-state index in [9.17, 15) is 4.79 Å². The number of carbonyl (C=O) groups excluding carboxylic acids is 1. The van der Waals surface area contributed by atoms with Crippen LogP contribution >= 0.6 is 0 Å². The highest BCUT2D eigenvalue weighted by Gasteiger charge is 2.19. The molecule has 3 rings (SSSR count). The van der Waals surface area contributed by atoms with Crippen molar-refractivity contribution < 1.29 is 4.79 Å². The first kappa shape index (κ1) is 17.3. The number of amides is 1. The minimum atomic E-state index is -0.109. The maximum absolute atomic E-state index is 12.6. The van der Waals surface area contributed by atoms with Crippen LogP contribution in [-0.4, -0.2) is 43.5 Å². The molecule has 3 N–H and O–H groups in total. The van der Waals surface area contributed by atoms with Crippen LogP contribution in [0.3, 0.4) is 0 Å². The molecule has 0 aromatic heterocycles. The standard InChI is InChI=1S/C20H26N4O/c1-3-23-9-11-24(12-10-23)19-8-7-17(21)14-18(19)22-20(25)16-6-4-5-15(2)13-16/h4-8,13-14H,3,9-12,21H2,1-2H3,(H,22,25). The van der Waals surface area contributed by atoms with Crippen molar-refractivity contribution in [3.05, 3.63) is 53.6 Å². The summed E-state index contributed by atoms with van der Waals surface area (Å²) in [5, 5.41) is 3.04. The molecule has 25 heavy (non-hydrogen) atoms. The second kappa shape index (κ2) is 7.57. The third-order valence-corrected chi connectivity index (χ3v) is 4.71. The molecule has 0 saturated carbocycles. The van der Waals surface area contributed by atoms with Crippen molar-refractivity contribution in [2.45, 2.75) is 13.8 Å². The fourth-order valence-corrected chi connectivity index (χ4v) is 3.22. The molecule has 1 heterocycles. The Balaban J connectivity index is 1.81. The van der Waals surface area contributed by atoms with Crippen LogP contribution in [0.2, 0.25) is 0 Å². The number of benzene rings is 2. The van der Waals surface area contributed by atoms with E-state index in [1.165, 1.54) is 0 Å². The summed E-state index contributed by atoms with van der Waals surface area (Å²) in [5.74, 6) is -0.109. The van der Waals surface area contributed by atoms with Gasteiger partial charge < -0.3 is 20.9 Å². The van der Waals surface area contributed by atoms with Gasteiger partial charge in [0.1, 0.15) is 0 Å². The number of likely N-dealkylation sites (N-methyl/N-ethyl adjacent to an activating group) is 1. The molecule has 0 radical (unpaired) electrons. The fraction of sp³-hybridized carbons (Fsp3) is 0.350. The van der Waals surface area contributed by atoms with Crippen LogP contribution in [-0.2, 0) is 0 Å². The van der Waals surface area contributed by atoms with Gasteiger partial charge in [0, 0.05) is 37.4 Å². The number of nitrogens with one attached hydrogen (secondary N) is 1. The summed E-state index contributed by atoms with van der Waals surface area (Å²) < 4.78 is 0. The molecule has 1 aliphatic heterocycles. The number of anilines is 3. The lowest BCUT2D eigenvalue weighted by Gasteiger charge is -2.36. The lowest BCUT2D eigenvalue weighted by Crippen LogP contribution is -2.46. The second-order valence-electron chi connectivity index (χ2n) is 6.52. The number of piperazine rings is 1. The molecule has 5 heteroatoms. The molecule has 0 unspecified atom stereocenters. The Morgan fingerprint density at radius 3 is 2.56 bits per heavy atom. The topological polar surface area (TPSA) is 61.6 Å². The van der Waals surface area contributed by atoms with Crippen molar-refractivity contribution >= 4 is 23.0 Å². The number of nitrogen functional groups attached to an aromatic ring is 1. The summed E-state index contributed by atoms with van der Waals surface area (Å²) in [5.41, 5.74) is 10.1. The van der Waals surface area contributed by atoms with Gasteiger partial charge >= 0.3 is 0 Å². The predicted octanol–water partition coefficient (Wildman–Crippen LogP) is 2.97. The number of nitrogens with two attached hydrogens (primary N) is 1. The highest BCUT2D eigenvalue weighted by molar-refractivity contribution is 6.06. The fourth-order valence-electron chi connectivity index (χ4n) is 3.22. The zero-order chi connectivity index (χ0) is 17.8. The van der Waals surface area contributed by atoms with E-state index in [0.29, 0.717) is 11.3 Å². The number of aryl methyl sites for hydroxylation is 1. The summed E-state index contributed by atoms with van der Waals surface area (Å²) in [7, 11) is 0. The number of nitrogens with zero attached hydrogens (tertiary/aromatic N) is 2. The first-order valence-corrected chi connectivity index (χ1v) is 8.81. The van der Waals surface area contributed by atoms with Crippen LogP contribution in [0.1, 0.15) is 22.8 Å². The van der Waals surface area contributed by atoms with Crippen molar-refractivity contribution in [1.82, 2.24) is 4.90 Å². The third-order valence-electron chi connectivity index (χ3n) is 4.71.